The van der Waals surface area contributed by atoms with E-state index in [1.54, 1.807) is 0 Å². The molecule has 1 amide bonds. The Kier molecular flexibility index (Phi) is 8.53. The average molecular weight is 423 g/mol. The van der Waals surface area contributed by atoms with E-state index in [4.69, 9.17) is 4.74 Å². The normalized spacial score (nSPS) is 14.5. The van der Waals surface area contributed by atoms with Gasteiger partial charge in [-0.3, -0.25) is 4.79 Å². The summed E-state index contributed by atoms with van der Waals surface area (Å²) in [5, 5.41) is 3.44. The molecule has 1 atom stereocenters. The number of rotatable bonds is 9. The zero-order valence-electron chi connectivity index (χ0n) is 19.6. The molecule has 2 aromatic rings. The molecule has 0 fully saturated rings. The highest BCUT2D eigenvalue weighted by Crippen LogP contribution is 2.29. The van der Waals surface area contributed by atoms with E-state index in [2.05, 4.69) is 50.4 Å². The van der Waals surface area contributed by atoms with Gasteiger partial charge < -0.3 is 15.0 Å². The first-order chi connectivity index (χ1) is 14.9. The third-order valence-electron chi connectivity index (χ3n) is 5.89. The fraction of sp³-hybridized carbons (Fsp3) is 0.519. The molecule has 0 saturated carbocycles. The number of benzene rings is 2. The lowest BCUT2D eigenvalue weighted by atomic mass is 9.99. The second-order valence-electron chi connectivity index (χ2n) is 9.33. The first kappa shape index (κ1) is 23.3. The number of nitrogens with one attached hydrogen (secondary N) is 1. The van der Waals surface area contributed by atoms with Gasteiger partial charge >= 0.3 is 0 Å². The van der Waals surface area contributed by atoms with Gasteiger partial charge in [-0.2, -0.15) is 0 Å². The van der Waals surface area contributed by atoms with Crippen LogP contribution in [0.4, 0.5) is 0 Å². The van der Waals surface area contributed by atoms with Crippen molar-refractivity contribution in [2.45, 2.75) is 60.0 Å². The van der Waals surface area contributed by atoms with Crippen molar-refractivity contribution in [2.24, 2.45) is 11.8 Å². The Balaban J connectivity index is 1.65. The van der Waals surface area contributed by atoms with Gasteiger partial charge in [0.15, 0.2) is 0 Å². The standard InChI is InChI=1S/C27H38N2O2/c1-20(2)18-29(27(30)22(4)16-28-17-23-10-6-5-7-11-23)19-24-14-21(3)25-12-8-9-13-31-26(25)15-24/h5-7,10-11,14-15,20,22,28H,8-9,12-13,16-19H2,1-4H3. The minimum Gasteiger partial charge on any atom is -0.493 e. The second kappa shape index (κ2) is 11.3. The molecule has 168 valence electrons. The van der Waals surface area contributed by atoms with Gasteiger partial charge in [-0.25, -0.2) is 0 Å². The molecule has 1 aliphatic heterocycles. The number of aryl methyl sites for hydroxylation is 1. The number of ether oxygens (including phenoxy) is 1. The van der Waals surface area contributed by atoms with E-state index in [1.807, 2.05) is 30.0 Å². The van der Waals surface area contributed by atoms with Crippen LogP contribution in [0, 0.1) is 18.8 Å². The van der Waals surface area contributed by atoms with Crippen molar-refractivity contribution in [3.63, 3.8) is 0 Å². The van der Waals surface area contributed by atoms with Gasteiger partial charge in [-0.1, -0.05) is 57.2 Å². The summed E-state index contributed by atoms with van der Waals surface area (Å²) in [6.07, 6.45) is 3.37. The van der Waals surface area contributed by atoms with E-state index < -0.39 is 0 Å². The van der Waals surface area contributed by atoms with E-state index in [0.717, 1.165) is 43.9 Å². The molecule has 0 spiro atoms. The highest BCUT2D eigenvalue weighted by molar-refractivity contribution is 5.78. The van der Waals surface area contributed by atoms with Gasteiger partial charge in [-0.05, 0) is 60.4 Å². The number of fused-ring (bicyclic) bond motifs is 1. The van der Waals surface area contributed by atoms with Gasteiger partial charge in [0.05, 0.1) is 6.61 Å². The van der Waals surface area contributed by atoms with Crippen LogP contribution in [0.3, 0.4) is 0 Å². The number of hydrogen-bond acceptors (Lipinski definition) is 3. The van der Waals surface area contributed by atoms with Crippen LogP contribution in [0.2, 0.25) is 0 Å². The summed E-state index contributed by atoms with van der Waals surface area (Å²) >= 11 is 0. The third kappa shape index (κ3) is 6.83. The predicted molar refractivity (Wildman–Crippen MR) is 127 cm³/mol. The topological polar surface area (TPSA) is 41.6 Å². The largest absolute Gasteiger partial charge is 0.493 e. The van der Waals surface area contributed by atoms with Crippen LogP contribution < -0.4 is 10.1 Å². The van der Waals surface area contributed by atoms with Crippen LogP contribution in [-0.2, 0) is 24.3 Å². The highest BCUT2D eigenvalue weighted by Gasteiger charge is 2.22. The van der Waals surface area contributed by atoms with Gasteiger partial charge in [0, 0.05) is 32.1 Å². The smallest absolute Gasteiger partial charge is 0.226 e. The van der Waals surface area contributed by atoms with Crippen molar-refractivity contribution in [1.82, 2.24) is 10.2 Å². The summed E-state index contributed by atoms with van der Waals surface area (Å²) in [4.78, 5) is 15.3. The molecule has 0 bridgehead atoms. The third-order valence-corrected chi connectivity index (χ3v) is 5.89. The first-order valence-corrected chi connectivity index (χ1v) is 11.7. The van der Waals surface area contributed by atoms with Gasteiger partial charge in [0.25, 0.3) is 0 Å². The zero-order valence-corrected chi connectivity index (χ0v) is 19.6. The lowest BCUT2D eigenvalue weighted by Gasteiger charge is -2.28. The fourth-order valence-electron chi connectivity index (χ4n) is 4.30. The lowest BCUT2D eigenvalue weighted by Crippen LogP contribution is -2.40. The molecule has 1 aliphatic rings. The molecule has 0 aromatic heterocycles. The Bertz CT molecular complexity index is 848. The van der Waals surface area contributed by atoms with Crippen molar-refractivity contribution >= 4 is 5.91 Å². The molecule has 3 rings (SSSR count). The molecule has 1 N–H and O–H groups in total. The maximum absolute atomic E-state index is 13.3. The van der Waals surface area contributed by atoms with Crippen LogP contribution in [0.25, 0.3) is 0 Å². The van der Waals surface area contributed by atoms with Gasteiger partial charge in [-0.15, -0.1) is 0 Å². The Morgan fingerprint density at radius 2 is 1.87 bits per heavy atom. The summed E-state index contributed by atoms with van der Waals surface area (Å²) in [6.45, 7) is 12.2. The lowest BCUT2D eigenvalue weighted by molar-refractivity contribution is -0.136. The molecule has 31 heavy (non-hydrogen) atoms. The van der Waals surface area contributed by atoms with Crippen LogP contribution >= 0.6 is 0 Å². The number of amides is 1. The van der Waals surface area contributed by atoms with Gasteiger partial charge in [0.2, 0.25) is 5.91 Å². The van der Waals surface area contributed by atoms with Crippen molar-refractivity contribution < 1.29 is 9.53 Å². The fourth-order valence-corrected chi connectivity index (χ4v) is 4.30. The second-order valence-corrected chi connectivity index (χ2v) is 9.33. The molecule has 4 nitrogen and oxygen atoms in total. The van der Waals surface area contributed by atoms with E-state index in [9.17, 15) is 4.79 Å². The van der Waals surface area contributed by atoms with E-state index in [1.165, 1.54) is 23.1 Å². The van der Waals surface area contributed by atoms with Crippen LogP contribution in [0.1, 0.15) is 55.9 Å². The first-order valence-electron chi connectivity index (χ1n) is 11.7. The van der Waals surface area contributed by atoms with E-state index in [0.29, 0.717) is 19.0 Å². The Morgan fingerprint density at radius 3 is 2.61 bits per heavy atom. The molecular weight excluding hydrogens is 384 g/mol. The van der Waals surface area contributed by atoms with Crippen LogP contribution in [-0.4, -0.2) is 30.5 Å². The predicted octanol–water partition coefficient (Wildman–Crippen LogP) is 5.12. The zero-order chi connectivity index (χ0) is 22.2. The van der Waals surface area contributed by atoms with Crippen molar-refractivity contribution in [2.75, 3.05) is 19.7 Å². The Hall–Kier alpha value is -2.33. The number of carbonyl (C=O) groups is 1. The van der Waals surface area contributed by atoms with Crippen molar-refractivity contribution in [3.8, 4) is 5.75 Å². The van der Waals surface area contributed by atoms with Gasteiger partial charge in [0.1, 0.15) is 5.75 Å². The summed E-state index contributed by atoms with van der Waals surface area (Å²) < 4.78 is 6.02. The minimum absolute atomic E-state index is 0.0689. The molecular formula is C27H38N2O2. The monoisotopic (exact) mass is 422 g/mol. The summed E-state index contributed by atoms with van der Waals surface area (Å²) in [5.41, 5.74) is 5.02. The molecule has 0 aliphatic carbocycles. The summed E-state index contributed by atoms with van der Waals surface area (Å²) in [5.74, 6) is 1.58. The molecule has 4 heteroatoms. The van der Waals surface area contributed by atoms with Crippen LogP contribution in [0.15, 0.2) is 42.5 Å². The quantitative estimate of drug-likeness (QED) is 0.610. The molecule has 1 heterocycles. The number of nitrogens with zero attached hydrogens (tertiary/aromatic N) is 1. The van der Waals surface area contributed by atoms with Crippen molar-refractivity contribution in [1.29, 1.82) is 0 Å². The number of hydrogen-bond donors (Lipinski definition) is 1. The minimum atomic E-state index is -0.0689. The highest BCUT2D eigenvalue weighted by atomic mass is 16.5. The van der Waals surface area contributed by atoms with E-state index in [-0.39, 0.29) is 11.8 Å². The Labute approximate surface area is 188 Å². The SMILES string of the molecule is Cc1cc(CN(CC(C)C)C(=O)C(C)CNCc2ccccc2)cc2c1CCCCO2. The molecule has 2 aromatic carbocycles. The van der Waals surface area contributed by atoms with Crippen LogP contribution in [0.5, 0.6) is 5.75 Å². The summed E-state index contributed by atoms with van der Waals surface area (Å²) in [7, 11) is 0. The maximum Gasteiger partial charge on any atom is 0.226 e. The molecule has 0 saturated heterocycles. The van der Waals surface area contributed by atoms with Crippen molar-refractivity contribution in [3.05, 3.63) is 64.7 Å². The maximum atomic E-state index is 13.3. The Morgan fingerprint density at radius 1 is 1.10 bits per heavy atom. The summed E-state index contributed by atoms with van der Waals surface area (Å²) in [6, 6.07) is 14.7. The molecule has 0 radical (unpaired) electrons. The average Bonchev–Trinajstić information content (AvgIpc) is 2.99. The molecule has 1 unspecified atom stereocenters. The van der Waals surface area contributed by atoms with E-state index >= 15 is 0 Å². The number of carbonyl (C=O) groups excluding carboxylic acids is 1.